The van der Waals surface area contributed by atoms with E-state index in [1.165, 1.54) is 65.3 Å². The molecule has 5 heteroatoms. The van der Waals surface area contributed by atoms with Gasteiger partial charge in [-0.3, -0.25) is 0 Å². The molecule has 0 aliphatic heterocycles. The third kappa shape index (κ3) is 12.4. The van der Waals surface area contributed by atoms with Crippen LogP contribution in [-0.4, -0.2) is 8.07 Å². The summed E-state index contributed by atoms with van der Waals surface area (Å²) in [6.07, 6.45) is 0.922. The molecular formula is C54H73Cl3SiTi. The third-order valence-electron chi connectivity index (χ3n) is 11.8. The van der Waals surface area contributed by atoms with Crippen LogP contribution in [0.4, 0.5) is 0 Å². The van der Waals surface area contributed by atoms with Gasteiger partial charge in [0.25, 0.3) is 0 Å². The zero-order valence-electron chi connectivity index (χ0n) is 39.7. The quantitative estimate of drug-likeness (QED) is 0.140. The molecule has 5 aromatic carbocycles. The van der Waals surface area contributed by atoms with Gasteiger partial charge in [-0.2, -0.15) is 17.7 Å². The minimum atomic E-state index is -3.06. The average Bonchev–Trinajstić information content (AvgIpc) is 3.51. The Labute approximate surface area is 396 Å². The van der Waals surface area contributed by atoms with Crippen LogP contribution in [0.15, 0.2) is 103 Å². The van der Waals surface area contributed by atoms with Gasteiger partial charge in [-0.1, -0.05) is 237 Å². The first-order chi connectivity index (χ1) is 25.0. The molecule has 0 amide bonds. The Morgan fingerprint density at radius 1 is 0.373 bits per heavy atom. The number of hydrogen-bond acceptors (Lipinski definition) is 0. The largest absolute Gasteiger partial charge is 4.00 e. The van der Waals surface area contributed by atoms with Crippen molar-refractivity contribution in [2.45, 2.75) is 164 Å². The first kappa shape index (κ1) is 55.0. The van der Waals surface area contributed by atoms with Gasteiger partial charge < -0.3 is 37.2 Å². The van der Waals surface area contributed by atoms with Crippen molar-refractivity contribution in [3.8, 4) is 0 Å². The van der Waals surface area contributed by atoms with Crippen LogP contribution in [0.2, 0.25) is 0 Å². The second kappa shape index (κ2) is 19.2. The van der Waals surface area contributed by atoms with Crippen molar-refractivity contribution in [1.82, 2.24) is 0 Å². The number of halogens is 3. The van der Waals surface area contributed by atoms with E-state index < -0.39 is 8.07 Å². The van der Waals surface area contributed by atoms with Crippen LogP contribution in [0.3, 0.4) is 0 Å². The second-order valence-electron chi connectivity index (χ2n) is 22.8. The van der Waals surface area contributed by atoms with Crippen LogP contribution in [0, 0.1) is 0 Å². The van der Waals surface area contributed by atoms with E-state index in [4.69, 9.17) is 0 Å². The molecule has 0 aliphatic rings. The molecule has 0 saturated carbocycles. The van der Waals surface area contributed by atoms with Gasteiger partial charge in [0.15, 0.2) is 0 Å². The van der Waals surface area contributed by atoms with Crippen molar-refractivity contribution >= 4 is 28.8 Å². The van der Waals surface area contributed by atoms with Crippen molar-refractivity contribution in [1.29, 1.82) is 0 Å². The molecule has 0 heterocycles. The molecule has 0 atom stereocenters. The first-order valence-electron chi connectivity index (χ1n) is 20.8. The van der Waals surface area contributed by atoms with Crippen molar-refractivity contribution in [2.75, 3.05) is 0 Å². The molecular weight excluding hydrogens is 831 g/mol. The number of benzene rings is 4. The summed E-state index contributed by atoms with van der Waals surface area (Å²) in [5, 5.41) is 5.93. The summed E-state index contributed by atoms with van der Waals surface area (Å²) >= 11 is 0. The molecule has 0 saturated heterocycles. The van der Waals surface area contributed by atoms with E-state index in [1.807, 2.05) is 0 Å². The smallest absolute Gasteiger partial charge is 1.00 e. The normalized spacial score (nSPS) is 12.8. The van der Waals surface area contributed by atoms with Crippen LogP contribution < -0.4 is 58.0 Å². The minimum Gasteiger partial charge on any atom is -1.00 e. The molecule has 0 bridgehead atoms. The van der Waals surface area contributed by atoms with Crippen LogP contribution in [0.25, 0.3) is 0 Å². The average molecular weight is 904 g/mol. The molecule has 0 unspecified atom stereocenters. The van der Waals surface area contributed by atoms with Gasteiger partial charge in [0, 0.05) is 0 Å². The number of hydrogen-bond donors (Lipinski definition) is 0. The summed E-state index contributed by atoms with van der Waals surface area (Å²) in [5.74, 6) is 0. The first-order valence-corrected chi connectivity index (χ1v) is 22.8. The van der Waals surface area contributed by atoms with Gasteiger partial charge in [0.1, 0.15) is 8.07 Å². The van der Waals surface area contributed by atoms with Crippen molar-refractivity contribution in [3.63, 3.8) is 0 Å². The molecule has 5 aromatic rings. The van der Waals surface area contributed by atoms with E-state index in [1.54, 1.807) is 0 Å². The van der Waals surface area contributed by atoms with E-state index in [2.05, 4.69) is 228 Å². The minimum absolute atomic E-state index is 0. The van der Waals surface area contributed by atoms with Crippen LogP contribution in [0.5, 0.6) is 0 Å². The van der Waals surface area contributed by atoms with Crippen molar-refractivity contribution < 1.29 is 58.9 Å². The fraction of sp³-hybridized carbons (Fsp3) is 0.463. The molecule has 5 rings (SSSR count). The second-order valence-corrected chi connectivity index (χ2v) is 26.6. The summed E-state index contributed by atoms with van der Waals surface area (Å²) in [6, 6.07) is 41.9. The Balaban J connectivity index is 0.00000435. The SMILES string of the molecule is CC(C)(C)c1cc(C(C)(C)C)cc([Si](c2cc(C(C)(C)C)cc(C(C)(C)C)c2)(c2cc(C(C)(C)C)cc(C(C)(C)C)c2)[c-]2ccc(Cc3ccccc3)c2)c1.[Cl-].[Cl-].[Cl-].[Ti+4]. The maximum atomic E-state index is 2.63. The summed E-state index contributed by atoms with van der Waals surface area (Å²) in [6.45, 7) is 43.0. The Hall–Kier alpha value is -1.97. The summed E-state index contributed by atoms with van der Waals surface area (Å²) in [4.78, 5) is 0. The van der Waals surface area contributed by atoms with Gasteiger partial charge in [0.2, 0.25) is 0 Å². The molecule has 318 valence electrons. The maximum Gasteiger partial charge on any atom is 4.00 e. The van der Waals surface area contributed by atoms with E-state index >= 15 is 0 Å². The topological polar surface area (TPSA) is 0 Å². The Bertz CT molecular complexity index is 1860. The summed E-state index contributed by atoms with van der Waals surface area (Å²) in [5.41, 5.74) is 11.1. The van der Waals surface area contributed by atoms with E-state index in [-0.39, 0.29) is 91.4 Å². The van der Waals surface area contributed by atoms with Crippen molar-refractivity contribution in [3.05, 3.63) is 148 Å². The van der Waals surface area contributed by atoms with E-state index in [9.17, 15) is 0 Å². The summed E-state index contributed by atoms with van der Waals surface area (Å²) < 4.78 is 0. The standard InChI is InChI=1S/C54H73Si.3ClH.Ti/c1-49(2,3)39-28-40(50(4,5)6)32-46(31-39)55(45-25-24-38(27-45)26-37-22-20-19-21-23-37,47-33-41(51(7,8)9)29-42(34-47)52(10,11)12)48-35-43(53(13,14)15)30-44(36-48)54(16,17)18;;;;/h19-25,27-36H,26H2,1-18H3;3*1H;/q-1;;;;+4/p-3. The number of rotatable bonds is 6. The molecule has 0 N–H and O–H groups in total. The maximum absolute atomic E-state index is 3.06. The molecule has 0 radical (unpaired) electrons. The van der Waals surface area contributed by atoms with Gasteiger partial charge >= 0.3 is 21.7 Å². The van der Waals surface area contributed by atoms with Gasteiger partial charge in [-0.15, -0.1) is 5.19 Å². The fourth-order valence-corrected chi connectivity index (χ4v) is 12.8. The predicted molar refractivity (Wildman–Crippen MR) is 247 cm³/mol. The van der Waals surface area contributed by atoms with Crippen molar-refractivity contribution in [2.24, 2.45) is 0 Å². The Morgan fingerprint density at radius 2 is 0.644 bits per heavy atom. The predicted octanol–water partition coefficient (Wildman–Crippen LogP) is 3.17. The van der Waals surface area contributed by atoms with E-state index in [0.29, 0.717) is 0 Å². The molecule has 0 fully saturated rings. The van der Waals surface area contributed by atoms with Gasteiger partial charge in [0.05, 0.1) is 0 Å². The van der Waals surface area contributed by atoms with Crippen LogP contribution in [-0.2, 0) is 60.6 Å². The molecule has 0 spiro atoms. The Kier molecular flexibility index (Phi) is 17.9. The molecule has 0 aliphatic carbocycles. The zero-order valence-corrected chi connectivity index (χ0v) is 44.5. The van der Waals surface area contributed by atoms with E-state index in [0.717, 1.165) is 6.42 Å². The molecule has 0 aromatic heterocycles. The monoisotopic (exact) mass is 902 g/mol. The molecule has 59 heavy (non-hydrogen) atoms. The van der Waals surface area contributed by atoms with Crippen LogP contribution in [0.1, 0.15) is 169 Å². The Morgan fingerprint density at radius 3 is 0.898 bits per heavy atom. The summed E-state index contributed by atoms with van der Waals surface area (Å²) in [7, 11) is -3.06. The third-order valence-corrected chi connectivity index (χ3v) is 16.4. The van der Waals surface area contributed by atoms with Gasteiger partial charge in [-0.25, -0.2) is 6.07 Å². The van der Waals surface area contributed by atoms with Gasteiger partial charge in [-0.05, 0) is 65.9 Å². The molecule has 0 nitrogen and oxygen atoms in total. The fourth-order valence-electron chi connectivity index (χ4n) is 7.80. The zero-order chi connectivity index (χ0) is 41.2. The van der Waals surface area contributed by atoms with Crippen LogP contribution >= 0.6 is 0 Å².